The van der Waals surface area contributed by atoms with Gasteiger partial charge in [-0.1, -0.05) is 18.2 Å². The third-order valence-corrected chi connectivity index (χ3v) is 8.38. The Balaban J connectivity index is 1.74. The molecule has 0 fully saturated rings. The Morgan fingerprint density at radius 2 is 1.56 bits per heavy atom. The first-order valence-corrected chi connectivity index (χ1v) is 16.1. The third kappa shape index (κ3) is 7.55. The molecule has 0 saturated heterocycles. The molecule has 0 radical (unpaired) electrons. The predicted octanol–water partition coefficient (Wildman–Crippen LogP) is 3.66. The summed E-state index contributed by atoms with van der Waals surface area (Å²) in [4.78, 5) is 12.2. The number of aryl methyl sites for hydroxylation is 1. The Labute approximate surface area is 239 Å². The Morgan fingerprint density at radius 3 is 2.20 bits per heavy atom. The topological polar surface area (TPSA) is 179 Å². The molecule has 1 atom stereocenters. The quantitative estimate of drug-likeness (QED) is 0.176. The largest absolute Gasteiger partial charge is 0.481 e. The van der Waals surface area contributed by atoms with Gasteiger partial charge in [-0.2, -0.15) is 16.8 Å². The van der Waals surface area contributed by atoms with Crippen molar-refractivity contribution in [1.82, 2.24) is 5.32 Å². The summed E-state index contributed by atoms with van der Waals surface area (Å²) in [5.41, 5.74) is 5.93. The minimum absolute atomic E-state index is 0.135. The molecule has 0 amide bonds. The van der Waals surface area contributed by atoms with E-state index in [2.05, 4.69) is 10.6 Å². The molecule has 0 saturated carbocycles. The van der Waals surface area contributed by atoms with Crippen molar-refractivity contribution in [3.63, 3.8) is 0 Å². The highest BCUT2D eigenvalue weighted by Crippen LogP contribution is 2.45. The lowest BCUT2D eigenvalue weighted by molar-refractivity contribution is 0.0696. The monoisotopic (exact) mass is 604 g/mol. The van der Waals surface area contributed by atoms with Gasteiger partial charge in [-0.05, 0) is 67.7 Å². The second-order valence-electron chi connectivity index (χ2n) is 9.92. The molecule has 2 aromatic carbocycles. The number of hydrogen-bond donors (Lipinski definition) is 5. The lowest BCUT2D eigenvalue weighted by atomic mass is 9.82. The Kier molecular flexibility index (Phi) is 8.92. The second kappa shape index (κ2) is 12.1. The van der Waals surface area contributed by atoms with Crippen LogP contribution in [-0.2, 0) is 20.2 Å². The molecule has 41 heavy (non-hydrogen) atoms. The summed E-state index contributed by atoms with van der Waals surface area (Å²) >= 11 is 0. The average Bonchev–Trinajstić information content (AvgIpc) is 2.87. The normalized spacial score (nSPS) is 16.6. The zero-order valence-electron chi connectivity index (χ0n) is 22.5. The number of allylic oxidation sites excluding steroid dienone is 1. The van der Waals surface area contributed by atoms with E-state index in [9.17, 15) is 26.7 Å². The highest BCUT2D eigenvalue weighted by molar-refractivity contribution is 7.86. The van der Waals surface area contributed by atoms with Crippen LogP contribution in [0.3, 0.4) is 0 Å². The van der Waals surface area contributed by atoms with Crippen LogP contribution in [0.5, 0.6) is 5.75 Å². The summed E-state index contributed by atoms with van der Waals surface area (Å²) in [7, 11) is -8.14. The molecule has 11 nitrogen and oxygen atoms in total. The molecule has 0 bridgehead atoms. The number of carboxylic acids is 1. The maximum Gasteiger partial charge on any atom is 0.336 e. The molecule has 5 N–H and O–H groups in total. The van der Waals surface area contributed by atoms with E-state index in [1.807, 2.05) is 32.1 Å². The van der Waals surface area contributed by atoms with Crippen LogP contribution in [0.2, 0.25) is 0 Å². The Bertz CT molecular complexity index is 1670. The summed E-state index contributed by atoms with van der Waals surface area (Å²) in [6.45, 7) is 4.34. The van der Waals surface area contributed by atoms with Gasteiger partial charge in [-0.25, -0.2) is 4.79 Å². The molecule has 1 aliphatic carbocycles. The maximum atomic E-state index is 12.2. The first-order chi connectivity index (χ1) is 19.2. The van der Waals surface area contributed by atoms with Crippen LogP contribution in [0, 0.1) is 6.92 Å². The molecule has 1 aliphatic heterocycles. The molecule has 1 unspecified atom stereocenters. The van der Waals surface area contributed by atoms with Crippen molar-refractivity contribution in [3.8, 4) is 5.75 Å². The number of fused-ring (bicyclic) bond motifs is 2. The number of nitrogens with one attached hydrogen (secondary N) is 2. The molecule has 4 rings (SSSR count). The average molecular weight is 605 g/mol. The Hall–Kier alpha value is -3.65. The predicted molar refractivity (Wildman–Crippen MR) is 155 cm³/mol. The summed E-state index contributed by atoms with van der Waals surface area (Å²) < 4.78 is 68.7. The molecule has 2 aliphatic rings. The molecule has 220 valence electrons. The smallest absolute Gasteiger partial charge is 0.336 e. The molecular weight excluding hydrogens is 572 g/mol. The van der Waals surface area contributed by atoms with Crippen LogP contribution in [-0.4, -0.2) is 67.7 Å². The zero-order chi connectivity index (χ0) is 29.9. The van der Waals surface area contributed by atoms with Crippen molar-refractivity contribution in [1.29, 1.82) is 0 Å². The van der Waals surface area contributed by atoms with E-state index in [1.165, 1.54) is 0 Å². The summed E-state index contributed by atoms with van der Waals surface area (Å²) in [6.07, 6.45) is 3.57. The van der Waals surface area contributed by atoms with Gasteiger partial charge in [-0.15, -0.1) is 0 Å². The van der Waals surface area contributed by atoms with Gasteiger partial charge in [0.05, 0.1) is 17.1 Å². The molecule has 0 spiro atoms. The van der Waals surface area contributed by atoms with Crippen molar-refractivity contribution in [2.75, 3.05) is 29.9 Å². The minimum atomic E-state index is -4.07. The van der Waals surface area contributed by atoms with Gasteiger partial charge in [0.1, 0.15) is 11.9 Å². The summed E-state index contributed by atoms with van der Waals surface area (Å²) in [5, 5.41) is 16.3. The van der Waals surface area contributed by atoms with Gasteiger partial charge in [0.15, 0.2) is 0 Å². The van der Waals surface area contributed by atoms with Crippen molar-refractivity contribution < 1.29 is 40.6 Å². The van der Waals surface area contributed by atoms with Crippen molar-refractivity contribution in [2.45, 2.75) is 32.8 Å². The number of aromatic carboxylic acids is 1. The fraction of sp³-hybridized carbons (Fsp3) is 0.321. The standard InChI is InChI=1S/C28H32N2O9S2/c1-17-13-21-25(15-23(17)29-9-5-11-40(33,34)35)39-26-16-24(30-10-6-12-41(36,37)38)18(2)14-22(26)27(21)19-7-3-4-8-20(19)28(31)32/h3-4,7-8,13-16,25,29-30H,5-6,9-12H2,1-2H3,(H,31,32)(H,33,34,35)(H,36,37,38). The Morgan fingerprint density at radius 1 is 0.927 bits per heavy atom. The molecule has 2 aromatic rings. The van der Waals surface area contributed by atoms with Gasteiger partial charge in [0, 0.05) is 47.2 Å². The number of anilines is 1. The molecule has 0 aromatic heterocycles. The second-order valence-corrected chi connectivity index (χ2v) is 13.1. The van der Waals surface area contributed by atoms with E-state index in [0.29, 0.717) is 34.7 Å². The van der Waals surface area contributed by atoms with Gasteiger partial charge >= 0.3 is 5.97 Å². The van der Waals surface area contributed by atoms with Crippen LogP contribution in [0.25, 0.3) is 5.57 Å². The number of carbonyl (C=O) groups is 1. The van der Waals surface area contributed by atoms with Gasteiger partial charge in [0.2, 0.25) is 0 Å². The van der Waals surface area contributed by atoms with Crippen LogP contribution in [0.15, 0.2) is 65.4 Å². The summed E-state index contributed by atoms with van der Waals surface area (Å²) in [5.74, 6) is -1.32. The SMILES string of the molecule is CC1=CC2=C(c3ccccc3C(=O)O)c3cc(C)c(NCCCS(=O)(=O)O)cc3OC2C=C1NCCCS(=O)(=O)O. The van der Waals surface area contributed by atoms with Crippen LogP contribution >= 0.6 is 0 Å². The molecular formula is C28H32N2O9S2. The van der Waals surface area contributed by atoms with Crippen LogP contribution in [0.1, 0.15) is 46.8 Å². The number of rotatable bonds is 12. The van der Waals surface area contributed by atoms with Gasteiger partial charge in [-0.3, -0.25) is 9.11 Å². The van der Waals surface area contributed by atoms with Crippen molar-refractivity contribution >= 4 is 37.5 Å². The van der Waals surface area contributed by atoms with Crippen molar-refractivity contribution in [2.24, 2.45) is 0 Å². The lowest BCUT2D eigenvalue weighted by Crippen LogP contribution is -2.29. The number of ether oxygens (including phenoxy) is 1. The van der Waals surface area contributed by atoms with E-state index < -0.39 is 32.3 Å². The minimum Gasteiger partial charge on any atom is -0.481 e. The fourth-order valence-corrected chi connectivity index (χ4v) is 5.90. The lowest BCUT2D eigenvalue weighted by Gasteiger charge is -2.33. The first kappa shape index (κ1) is 30.3. The van der Waals surface area contributed by atoms with E-state index in [0.717, 1.165) is 22.4 Å². The van der Waals surface area contributed by atoms with Gasteiger partial charge in [0.25, 0.3) is 20.2 Å². The van der Waals surface area contributed by atoms with Crippen LogP contribution in [0.4, 0.5) is 5.69 Å². The maximum absolute atomic E-state index is 12.2. The fourth-order valence-electron chi connectivity index (χ4n) is 4.88. The van der Waals surface area contributed by atoms with E-state index >= 15 is 0 Å². The first-order valence-electron chi connectivity index (χ1n) is 12.9. The summed E-state index contributed by atoms with van der Waals surface area (Å²) in [6, 6.07) is 10.4. The molecule has 1 heterocycles. The highest BCUT2D eigenvalue weighted by Gasteiger charge is 2.32. The van der Waals surface area contributed by atoms with E-state index in [1.54, 1.807) is 30.3 Å². The third-order valence-electron chi connectivity index (χ3n) is 6.78. The zero-order valence-corrected chi connectivity index (χ0v) is 24.2. The number of benzene rings is 2. The van der Waals surface area contributed by atoms with Gasteiger partial charge < -0.3 is 20.5 Å². The van der Waals surface area contributed by atoms with Crippen LogP contribution < -0.4 is 15.4 Å². The number of hydrogen-bond acceptors (Lipinski definition) is 8. The highest BCUT2D eigenvalue weighted by atomic mass is 32.2. The molecule has 13 heteroatoms. The van der Waals surface area contributed by atoms with E-state index in [-0.39, 0.29) is 36.5 Å². The van der Waals surface area contributed by atoms with E-state index in [4.69, 9.17) is 13.8 Å². The number of carboxylic acid groups (broad SMARTS) is 1. The van der Waals surface area contributed by atoms with Crippen molar-refractivity contribution in [3.05, 3.63) is 87.6 Å².